The molecule has 8 heteroatoms. The summed E-state index contributed by atoms with van der Waals surface area (Å²) in [6, 6.07) is 1.31. The summed E-state index contributed by atoms with van der Waals surface area (Å²) in [7, 11) is 1.40. The highest BCUT2D eigenvalue weighted by atomic mass is 16.5. The predicted molar refractivity (Wildman–Crippen MR) is 106 cm³/mol. The van der Waals surface area contributed by atoms with Crippen molar-refractivity contribution in [3.05, 3.63) is 41.1 Å². The molecule has 0 aliphatic rings. The fourth-order valence-corrected chi connectivity index (χ4v) is 2.54. The van der Waals surface area contributed by atoms with Gasteiger partial charge in [-0.25, -0.2) is 4.98 Å². The van der Waals surface area contributed by atoms with Crippen molar-refractivity contribution < 1.29 is 23.9 Å². The maximum absolute atomic E-state index is 12.4. The van der Waals surface area contributed by atoms with Crippen LogP contribution in [0.3, 0.4) is 0 Å². The zero-order valence-corrected chi connectivity index (χ0v) is 16.7. The van der Waals surface area contributed by atoms with Gasteiger partial charge in [0.15, 0.2) is 0 Å². The molecule has 8 nitrogen and oxygen atoms in total. The molecule has 1 heterocycles. The number of amides is 2. The third-order valence-electron chi connectivity index (χ3n) is 3.82. The summed E-state index contributed by atoms with van der Waals surface area (Å²) in [4.78, 5) is 38.2. The SMILES string of the molecule is C/C=C\C(=C/C)CC(COc1cc(C)nc(OC)c1C(=O)NCC=O)NC=O. The number of rotatable bonds is 12. The quantitative estimate of drug-likeness (QED) is 0.417. The minimum Gasteiger partial charge on any atom is -0.490 e. The molecule has 0 bridgehead atoms. The van der Waals surface area contributed by atoms with E-state index in [2.05, 4.69) is 15.6 Å². The van der Waals surface area contributed by atoms with Crippen LogP contribution >= 0.6 is 0 Å². The number of aryl methyl sites for hydroxylation is 1. The van der Waals surface area contributed by atoms with Crippen molar-refractivity contribution in [1.29, 1.82) is 0 Å². The van der Waals surface area contributed by atoms with Crippen LogP contribution in [0.2, 0.25) is 0 Å². The van der Waals surface area contributed by atoms with Gasteiger partial charge >= 0.3 is 0 Å². The molecule has 0 aromatic carbocycles. The van der Waals surface area contributed by atoms with Crippen LogP contribution in [-0.4, -0.2) is 49.9 Å². The summed E-state index contributed by atoms with van der Waals surface area (Å²) in [6.45, 7) is 5.57. The van der Waals surface area contributed by atoms with Gasteiger partial charge in [0, 0.05) is 11.8 Å². The smallest absolute Gasteiger partial charge is 0.260 e. The van der Waals surface area contributed by atoms with Crippen LogP contribution in [0.15, 0.2) is 29.9 Å². The van der Waals surface area contributed by atoms with E-state index in [1.165, 1.54) is 7.11 Å². The summed E-state index contributed by atoms with van der Waals surface area (Å²) in [6.07, 6.45) is 7.59. The molecule has 0 fully saturated rings. The lowest BCUT2D eigenvalue weighted by atomic mass is 10.1. The number of hydrogen-bond donors (Lipinski definition) is 2. The molecule has 2 N–H and O–H groups in total. The lowest BCUT2D eigenvalue weighted by Crippen LogP contribution is -2.34. The lowest BCUT2D eigenvalue weighted by molar-refractivity contribution is -0.110. The topological polar surface area (TPSA) is 107 Å². The van der Waals surface area contributed by atoms with E-state index in [1.807, 2.05) is 32.1 Å². The number of carbonyl (C=O) groups is 3. The molecule has 1 atom stereocenters. The van der Waals surface area contributed by atoms with Gasteiger partial charge in [0.2, 0.25) is 12.3 Å². The fraction of sp³-hybridized carbons (Fsp3) is 0.400. The summed E-state index contributed by atoms with van der Waals surface area (Å²) in [5.41, 5.74) is 1.74. The fourth-order valence-electron chi connectivity index (χ4n) is 2.54. The van der Waals surface area contributed by atoms with E-state index in [1.54, 1.807) is 13.0 Å². The highest BCUT2D eigenvalue weighted by molar-refractivity contribution is 5.99. The van der Waals surface area contributed by atoms with Crippen LogP contribution < -0.4 is 20.1 Å². The number of methoxy groups -OCH3 is 1. The standard InChI is InChI=1S/C20H27N3O5/c1-5-7-15(6-2)11-16(22-13-25)12-28-17-10-14(3)23-20(27-4)18(17)19(26)21-8-9-24/h5-7,9-10,13,16H,8,11-12H2,1-4H3,(H,21,26)(H,22,25)/b7-5-,15-6+. The van der Waals surface area contributed by atoms with E-state index in [-0.39, 0.29) is 36.4 Å². The van der Waals surface area contributed by atoms with Gasteiger partial charge in [0.05, 0.1) is 19.7 Å². The zero-order chi connectivity index (χ0) is 20.9. The van der Waals surface area contributed by atoms with E-state index in [0.29, 0.717) is 24.8 Å². The summed E-state index contributed by atoms with van der Waals surface area (Å²) in [5, 5.41) is 5.19. The average Bonchev–Trinajstić information content (AvgIpc) is 2.69. The third kappa shape index (κ3) is 6.86. The Bertz CT molecular complexity index is 744. The Morgan fingerprint density at radius 1 is 1.32 bits per heavy atom. The Morgan fingerprint density at radius 2 is 2.07 bits per heavy atom. The molecule has 1 aromatic rings. The van der Waals surface area contributed by atoms with E-state index < -0.39 is 5.91 Å². The zero-order valence-electron chi connectivity index (χ0n) is 16.7. The summed E-state index contributed by atoms with van der Waals surface area (Å²) < 4.78 is 11.1. The largest absolute Gasteiger partial charge is 0.490 e. The van der Waals surface area contributed by atoms with E-state index in [9.17, 15) is 14.4 Å². The van der Waals surface area contributed by atoms with Gasteiger partial charge in [-0.05, 0) is 27.2 Å². The summed E-state index contributed by atoms with van der Waals surface area (Å²) >= 11 is 0. The Labute approximate surface area is 165 Å². The Morgan fingerprint density at radius 3 is 2.64 bits per heavy atom. The van der Waals surface area contributed by atoms with Gasteiger partial charge in [0.1, 0.15) is 24.2 Å². The number of allylic oxidation sites excluding steroid dienone is 3. The summed E-state index contributed by atoms with van der Waals surface area (Å²) in [5.74, 6) is -0.172. The molecule has 1 rings (SSSR count). The minimum atomic E-state index is -0.533. The Kier molecular flexibility index (Phi) is 10.0. The van der Waals surface area contributed by atoms with E-state index in [4.69, 9.17) is 9.47 Å². The molecule has 2 amide bonds. The van der Waals surface area contributed by atoms with Crippen LogP contribution in [0.25, 0.3) is 0 Å². The number of hydrogen-bond acceptors (Lipinski definition) is 6. The molecular weight excluding hydrogens is 362 g/mol. The number of nitrogens with zero attached hydrogens (tertiary/aromatic N) is 1. The molecule has 0 spiro atoms. The first-order valence-corrected chi connectivity index (χ1v) is 8.88. The number of carbonyl (C=O) groups excluding carboxylic acids is 3. The molecule has 0 saturated heterocycles. The van der Waals surface area contributed by atoms with Crippen LogP contribution in [0, 0.1) is 6.92 Å². The molecule has 0 aliphatic heterocycles. The molecular formula is C20H27N3O5. The molecule has 0 aliphatic carbocycles. The Hall–Kier alpha value is -3.16. The molecule has 1 unspecified atom stereocenters. The van der Waals surface area contributed by atoms with Crippen LogP contribution in [0.5, 0.6) is 11.6 Å². The van der Waals surface area contributed by atoms with E-state index in [0.717, 1.165) is 5.57 Å². The number of ether oxygens (including phenoxy) is 2. The van der Waals surface area contributed by atoms with E-state index >= 15 is 0 Å². The van der Waals surface area contributed by atoms with Crippen molar-refractivity contribution >= 4 is 18.6 Å². The molecule has 28 heavy (non-hydrogen) atoms. The third-order valence-corrected chi connectivity index (χ3v) is 3.82. The predicted octanol–water partition coefficient (Wildman–Crippen LogP) is 1.73. The molecule has 0 radical (unpaired) electrons. The van der Waals surface area contributed by atoms with Gasteiger partial charge in [-0.2, -0.15) is 0 Å². The minimum absolute atomic E-state index is 0.0968. The normalized spacial score (nSPS) is 12.4. The van der Waals surface area contributed by atoms with Crippen molar-refractivity contribution in [1.82, 2.24) is 15.6 Å². The first-order chi connectivity index (χ1) is 13.5. The molecule has 1 aromatic heterocycles. The van der Waals surface area contributed by atoms with Crippen molar-refractivity contribution in [2.75, 3.05) is 20.3 Å². The van der Waals surface area contributed by atoms with Crippen LogP contribution in [0.1, 0.15) is 36.3 Å². The highest BCUT2D eigenvalue weighted by Gasteiger charge is 2.22. The molecule has 0 saturated carbocycles. The number of aromatic nitrogens is 1. The second-order valence-corrected chi connectivity index (χ2v) is 5.88. The van der Waals surface area contributed by atoms with Gasteiger partial charge in [-0.15, -0.1) is 0 Å². The number of pyridine rings is 1. The highest BCUT2D eigenvalue weighted by Crippen LogP contribution is 2.28. The van der Waals surface area contributed by atoms with Gasteiger partial charge in [-0.1, -0.05) is 23.8 Å². The monoisotopic (exact) mass is 389 g/mol. The van der Waals surface area contributed by atoms with Gasteiger partial charge in [-0.3, -0.25) is 9.59 Å². The maximum atomic E-state index is 12.4. The van der Waals surface area contributed by atoms with Crippen molar-refractivity contribution in [2.24, 2.45) is 0 Å². The first-order valence-electron chi connectivity index (χ1n) is 8.88. The Balaban J connectivity index is 3.10. The second-order valence-electron chi connectivity index (χ2n) is 5.88. The van der Waals surface area contributed by atoms with Crippen molar-refractivity contribution in [3.8, 4) is 11.6 Å². The van der Waals surface area contributed by atoms with Crippen molar-refractivity contribution in [2.45, 2.75) is 33.2 Å². The number of aldehydes is 1. The first kappa shape index (κ1) is 22.9. The average molecular weight is 389 g/mol. The van der Waals surface area contributed by atoms with Crippen LogP contribution in [0.4, 0.5) is 0 Å². The lowest BCUT2D eigenvalue weighted by Gasteiger charge is -2.20. The van der Waals surface area contributed by atoms with Gasteiger partial charge < -0.3 is 24.9 Å². The van der Waals surface area contributed by atoms with Crippen molar-refractivity contribution in [3.63, 3.8) is 0 Å². The van der Waals surface area contributed by atoms with Gasteiger partial charge in [0.25, 0.3) is 5.91 Å². The maximum Gasteiger partial charge on any atom is 0.260 e. The molecule has 152 valence electrons. The van der Waals surface area contributed by atoms with Crippen LogP contribution in [-0.2, 0) is 9.59 Å². The number of nitrogens with one attached hydrogen (secondary N) is 2. The second kappa shape index (κ2) is 12.3.